The number of piperidine rings is 1. The minimum absolute atomic E-state index is 0.0446. The summed E-state index contributed by atoms with van der Waals surface area (Å²) >= 11 is 0. The van der Waals surface area contributed by atoms with Crippen LogP contribution in [0.1, 0.15) is 46.8 Å². The Balaban J connectivity index is 1.46. The summed E-state index contributed by atoms with van der Waals surface area (Å²) in [5, 5.41) is 5.84. The van der Waals surface area contributed by atoms with Crippen molar-refractivity contribution >= 4 is 33.0 Å². The van der Waals surface area contributed by atoms with Gasteiger partial charge >= 0.3 is 0 Å². The van der Waals surface area contributed by atoms with Crippen LogP contribution in [0.4, 0.5) is 11.4 Å². The largest absolute Gasteiger partial charge is 0.371 e. The van der Waals surface area contributed by atoms with Crippen molar-refractivity contribution in [3.8, 4) is 0 Å². The molecule has 1 saturated heterocycles. The van der Waals surface area contributed by atoms with Gasteiger partial charge in [-0.25, -0.2) is 8.42 Å². The van der Waals surface area contributed by atoms with Gasteiger partial charge in [0, 0.05) is 18.7 Å². The van der Waals surface area contributed by atoms with E-state index in [-0.39, 0.29) is 17.4 Å². The number of rotatable bonds is 5. The zero-order valence-electron chi connectivity index (χ0n) is 19.3. The lowest BCUT2D eigenvalue weighted by Crippen LogP contribution is -2.44. The average molecular weight is 470 g/mol. The summed E-state index contributed by atoms with van der Waals surface area (Å²) in [6.45, 7) is 7.43. The molecule has 2 aromatic rings. The number of benzene rings is 2. The lowest BCUT2D eigenvalue weighted by atomic mass is 9.99. The number of nitrogens with zero attached hydrogens (tertiary/aromatic N) is 1. The molecule has 2 heterocycles. The molecule has 2 atom stereocenters. The molecule has 8 heteroatoms. The summed E-state index contributed by atoms with van der Waals surface area (Å²) in [6, 6.07) is 9.97. The van der Waals surface area contributed by atoms with E-state index in [1.165, 1.54) is 0 Å². The Labute approximate surface area is 195 Å². The summed E-state index contributed by atoms with van der Waals surface area (Å²) in [4.78, 5) is 27.5. The standard InChI is InChI=1S/C25H31N3O4S/c1-16-6-7-18(3)20(11-16)14-33(31,32)15-23-24(29)27-22-12-19(8-9-21(22)26-23)25(30)28-10-4-5-17(2)13-28/h6-9,11-12,17,23,26H,4-5,10,13-15H2,1-3H3,(H,27,29). The number of hydrogen-bond acceptors (Lipinski definition) is 5. The fraction of sp³-hybridized carbons (Fsp3) is 0.440. The van der Waals surface area contributed by atoms with E-state index in [2.05, 4.69) is 17.6 Å². The molecule has 2 N–H and O–H groups in total. The summed E-state index contributed by atoms with van der Waals surface area (Å²) in [7, 11) is -3.53. The van der Waals surface area contributed by atoms with Gasteiger partial charge in [0.05, 0.1) is 22.9 Å². The van der Waals surface area contributed by atoms with E-state index in [9.17, 15) is 18.0 Å². The van der Waals surface area contributed by atoms with Crippen LogP contribution in [0.3, 0.4) is 0 Å². The molecule has 33 heavy (non-hydrogen) atoms. The molecular weight excluding hydrogens is 438 g/mol. The Morgan fingerprint density at radius 1 is 1.12 bits per heavy atom. The zero-order chi connectivity index (χ0) is 23.8. The summed E-state index contributed by atoms with van der Waals surface area (Å²) in [6.07, 6.45) is 2.12. The van der Waals surface area contributed by atoms with Crippen LogP contribution in [0.2, 0.25) is 0 Å². The molecule has 0 aliphatic carbocycles. The van der Waals surface area contributed by atoms with E-state index in [0.29, 0.717) is 22.9 Å². The molecule has 0 saturated carbocycles. The number of fused-ring (bicyclic) bond motifs is 1. The maximum atomic E-state index is 12.9. The van der Waals surface area contributed by atoms with Crippen molar-refractivity contribution in [2.45, 2.75) is 45.4 Å². The average Bonchev–Trinajstić information content (AvgIpc) is 2.75. The van der Waals surface area contributed by atoms with Gasteiger partial charge in [0.15, 0.2) is 9.84 Å². The van der Waals surface area contributed by atoms with Crippen molar-refractivity contribution in [3.05, 3.63) is 58.7 Å². The van der Waals surface area contributed by atoms with E-state index in [4.69, 9.17) is 0 Å². The third kappa shape index (κ3) is 5.38. The zero-order valence-corrected chi connectivity index (χ0v) is 20.2. The van der Waals surface area contributed by atoms with Gasteiger partial charge in [0.25, 0.3) is 5.91 Å². The molecule has 176 valence electrons. The highest BCUT2D eigenvalue weighted by Gasteiger charge is 2.31. The van der Waals surface area contributed by atoms with Crippen molar-refractivity contribution in [3.63, 3.8) is 0 Å². The third-order valence-corrected chi connectivity index (χ3v) is 8.01. The van der Waals surface area contributed by atoms with Crippen LogP contribution < -0.4 is 10.6 Å². The smallest absolute Gasteiger partial charge is 0.253 e. The highest BCUT2D eigenvalue weighted by atomic mass is 32.2. The minimum Gasteiger partial charge on any atom is -0.371 e. The number of carbonyl (C=O) groups is 2. The van der Waals surface area contributed by atoms with Crippen LogP contribution in [0.25, 0.3) is 0 Å². The van der Waals surface area contributed by atoms with Crippen molar-refractivity contribution in [2.75, 3.05) is 29.5 Å². The number of hydrogen-bond donors (Lipinski definition) is 2. The van der Waals surface area contributed by atoms with E-state index in [0.717, 1.165) is 42.6 Å². The number of sulfone groups is 1. The van der Waals surface area contributed by atoms with Crippen molar-refractivity contribution in [2.24, 2.45) is 5.92 Å². The molecule has 1 fully saturated rings. The van der Waals surface area contributed by atoms with Gasteiger partial charge in [-0.05, 0) is 61.9 Å². The highest BCUT2D eigenvalue weighted by molar-refractivity contribution is 7.90. The second kappa shape index (κ2) is 9.17. The first-order chi connectivity index (χ1) is 15.6. The lowest BCUT2D eigenvalue weighted by Gasteiger charge is -2.31. The highest BCUT2D eigenvalue weighted by Crippen LogP contribution is 2.30. The van der Waals surface area contributed by atoms with Gasteiger partial charge < -0.3 is 15.5 Å². The molecule has 2 aromatic carbocycles. The fourth-order valence-corrected chi connectivity index (χ4v) is 6.20. The molecule has 0 spiro atoms. The van der Waals surface area contributed by atoms with E-state index in [1.54, 1.807) is 18.2 Å². The monoisotopic (exact) mass is 469 g/mol. The molecule has 2 amide bonds. The molecule has 7 nitrogen and oxygen atoms in total. The van der Waals surface area contributed by atoms with Crippen molar-refractivity contribution < 1.29 is 18.0 Å². The topological polar surface area (TPSA) is 95.6 Å². The Kier molecular flexibility index (Phi) is 6.47. The van der Waals surface area contributed by atoms with Crippen LogP contribution >= 0.6 is 0 Å². The number of aryl methyl sites for hydroxylation is 2. The van der Waals surface area contributed by atoms with Crippen LogP contribution in [-0.2, 0) is 20.4 Å². The Bertz CT molecular complexity index is 1190. The Morgan fingerprint density at radius 2 is 1.91 bits per heavy atom. The third-order valence-electron chi connectivity index (χ3n) is 6.42. The van der Waals surface area contributed by atoms with Crippen molar-refractivity contribution in [1.82, 2.24) is 4.90 Å². The van der Waals surface area contributed by atoms with E-state index in [1.807, 2.05) is 36.9 Å². The van der Waals surface area contributed by atoms with Crippen LogP contribution in [-0.4, -0.2) is 50.0 Å². The number of amides is 2. The normalized spacial score (nSPS) is 20.6. The quantitative estimate of drug-likeness (QED) is 0.699. The summed E-state index contributed by atoms with van der Waals surface area (Å²) < 4.78 is 25.7. The van der Waals surface area contributed by atoms with Crippen LogP contribution in [0.5, 0.6) is 0 Å². The lowest BCUT2D eigenvalue weighted by molar-refractivity contribution is -0.116. The Morgan fingerprint density at radius 3 is 2.67 bits per heavy atom. The molecule has 4 rings (SSSR count). The second-order valence-corrected chi connectivity index (χ2v) is 11.5. The van der Waals surface area contributed by atoms with E-state index < -0.39 is 21.8 Å². The predicted octanol–water partition coefficient (Wildman–Crippen LogP) is 3.52. The number of nitrogens with one attached hydrogen (secondary N) is 2. The number of carbonyl (C=O) groups excluding carboxylic acids is 2. The fourth-order valence-electron chi connectivity index (χ4n) is 4.56. The first kappa shape index (κ1) is 23.3. The van der Waals surface area contributed by atoms with Gasteiger partial charge in [0.2, 0.25) is 5.91 Å². The molecule has 0 radical (unpaired) electrons. The molecular formula is C25H31N3O4S. The SMILES string of the molecule is Cc1ccc(C)c(CS(=O)(=O)CC2Nc3ccc(C(=O)N4CCCC(C)C4)cc3NC2=O)c1. The molecule has 2 aliphatic rings. The molecule has 0 bridgehead atoms. The maximum absolute atomic E-state index is 12.9. The minimum atomic E-state index is -3.53. The van der Waals surface area contributed by atoms with Gasteiger partial charge in [-0.3, -0.25) is 9.59 Å². The Hall–Kier alpha value is -2.87. The maximum Gasteiger partial charge on any atom is 0.253 e. The molecule has 2 aliphatic heterocycles. The van der Waals surface area contributed by atoms with Gasteiger partial charge in [-0.1, -0.05) is 30.7 Å². The molecule has 2 unspecified atom stereocenters. The van der Waals surface area contributed by atoms with Crippen LogP contribution in [0.15, 0.2) is 36.4 Å². The number of likely N-dealkylation sites (tertiary alicyclic amines) is 1. The van der Waals surface area contributed by atoms with E-state index >= 15 is 0 Å². The van der Waals surface area contributed by atoms with Gasteiger partial charge in [-0.2, -0.15) is 0 Å². The first-order valence-electron chi connectivity index (χ1n) is 11.4. The molecule has 0 aromatic heterocycles. The van der Waals surface area contributed by atoms with Crippen molar-refractivity contribution in [1.29, 1.82) is 0 Å². The predicted molar refractivity (Wildman–Crippen MR) is 130 cm³/mol. The van der Waals surface area contributed by atoms with Crippen LogP contribution in [0, 0.1) is 19.8 Å². The van der Waals surface area contributed by atoms with Gasteiger partial charge in [0.1, 0.15) is 6.04 Å². The van der Waals surface area contributed by atoms with Gasteiger partial charge in [-0.15, -0.1) is 0 Å². The second-order valence-electron chi connectivity index (χ2n) is 9.43. The first-order valence-corrected chi connectivity index (χ1v) is 13.2. The summed E-state index contributed by atoms with van der Waals surface area (Å²) in [5.74, 6) is -0.397. The number of anilines is 2. The summed E-state index contributed by atoms with van der Waals surface area (Å²) in [5.41, 5.74) is 4.30.